The van der Waals surface area contributed by atoms with E-state index < -0.39 is 0 Å². The highest BCUT2D eigenvalue weighted by molar-refractivity contribution is 5.93. The van der Waals surface area contributed by atoms with Crippen LogP contribution in [0.25, 0.3) is 5.65 Å². The molecule has 2 aromatic carbocycles. The summed E-state index contributed by atoms with van der Waals surface area (Å²) in [6.07, 6.45) is 0. The van der Waals surface area contributed by atoms with Crippen LogP contribution in [0.3, 0.4) is 0 Å². The number of ether oxygens (including phenoxy) is 2. The van der Waals surface area contributed by atoms with Gasteiger partial charge in [-0.2, -0.15) is 0 Å². The number of carbonyl (C=O) groups excluding carboxylic acids is 1. The number of aromatic nitrogens is 2. The summed E-state index contributed by atoms with van der Waals surface area (Å²) in [5.74, 6) is 1.42. The van der Waals surface area contributed by atoms with E-state index in [2.05, 4.69) is 10.3 Å². The molecule has 0 aliphatic heterocycles. The molecule has 0 saturated carbocycles. The van der Waals surface area contributed by atoms with Gasteiger partial charge in [-0.15, -0.1) is 4.57 Å². The number of anilines is 1. The van der Waals surface area contributed by atoms with Crippen molar-refractivity contribution in [3.8, 4) is 11.5 Å². The molecule has 0 saturated heterocycles. The highest BCUT2D eigenvalue weighted by atomic mass is 16.5. The van der Waals surface area contributed by atoms with Crippen LogP contribution in [0.4, 0.5) is 5.69 Å². The number of nitrogens with zero attached hydrogens (tertiary/aromatic N) is 2. The van der Waals surface area contributed by atoms with Crippen molar-refractivity contribution in [1.29, 1.82) is 0 Å². The van der Waals surface area contributed by atoms with Gasteiger partial charge in [-0.25, -0.2) is 4.98 Å². The molecule has 8 heteroatoms. The maximum absolute atomic E-state index is 12.5. The van der Waals surface area contributed by atoms with Crippen LogP contribution in [0.1, 0.15) is 28.1 Å². The lowest BCUT2D eigenvalue weighted by Gasteiger charge is -2.14. The zero-order valence-electron chi connectivity index (χ0n) is 19.0. The van der Waals surface area contributed by atoms with Crippen LogP contribution in [0.5, 0.6) is 11.5 Å². The van der Waals surface area contributed by atoms with Gasteiger partial charge in [0.05, 0.1) is 11.4 Å². The minimum Gasteiger partial charge on any atom is -0.485 e. The predicted molar refractivity (Wildman–Crippen MR) is 124 cm³/mol. The number of fused-ring (bicyclic) bond motifs is 1. The largest absolute Gasteiger partial charge is 0.485 e. The summed E-state index contributed by atoms with van der Waals surface area (Å²) in [6, 6.07) is 14.3. The Hall–Kier alpha value is -4.07. The maximum Gasteiger partial charge on any atom is 0.287 e. The number of aryl methyl sites for hydroxylation is 4. The number of benzene rings is 2. The molecule has 0 aliphatic rings. The molecule has 8 nitrogen and oxygen atoms in total. The molecule has 0 unspecified atom stereocenters. The Kier molecular flexibility index (Phi) is 6.17. The Morgan fingerprint density at radius 3 is 2.52 bits per heavy atom. The smallest absolute Gasteiger partial charge is 0.287 e. The molecule has 0 bridgehead atoms. The van der Waals surface area contributed by atoms with E-state index in [-0.39, 0.29) is 24.7 Å². The monoisotopic (exact) mass is 447 g/mol. The van der Waals surface area contributed by atoms with Crippen LogP contribution in [0, 0.1) is 27.7 Å². The van der Waals surface area contributed by atoms with E-state index >= 15 is 0 Å². The van der Waals surface area contributed by atoms with Gasteiger partial charge in [0.1, 0.15) is 23.9 Å². The Labute approximate surface area is 190 Å². The molecule has 0 aliphatic carbocycles. The summed E-state index contributed by atoms with van der Waals surface area (Å²) in [5.41, 5.74) is 4.11. The van der Waals surface area contributed by atoms with Crippen LogP contribution in [0.15, 0.2) is 57.8 Å². The minimum absolute atomic E-state index is 0.0569. The maximum atomic E-state index is 12.5. The van der Waals surface area contributed by atoms with Gasteiger partial charge < -0.3 is 19.3 Å². The third-order valence-corrected chi connectivity index (χ3v) is 5.00. The third kappa shape index (κ3) is 5.23. The summed E-state index contributed by atoms with van der Waals surface area (Å²) >= 11 is 0. The molecule has 4 rings (SSSR count). The van der Waals surface area contributed by atoms with Crippen molar-refractivity contribution < 1.29 is 18.8 Å². The first-order valence-corrected chi connectivity index (χ1v) is 10.5. The van der Waals surface area contributed by atoms with Crippen molar-refractivity contribution in [2.45, 2.75) is 34.3 Å². The molecule has 2 heterocycles. The van der Waals surface area contributed by atoms with Gasteiger partial charge in [0, 0.05) is 12.1 Å². The number of hydrogen-bond donors (Lipinski definition) is 1. The fourth-order valence-corrected chi connectivity index (χ4v) is 3.44. The average Bonchev–Trinajstić information content (AvgIpc) is 3.14. The number of rotatable bonds is 7. The molecular weight excluding hydrogens is 422 g/mol. The minimum atomic E-state index is -0.326. The van der Waals surface area contributed by atoms with Crippen molar-refractivity contribution in [3.05, 3.63) is 87.0 Å². The SMILES string of the molecule is Cc1ccc(OCC(=O)Nc2ccc(C)cc2OCc2cc(=O)n3oc(C)cc3n2)c(C)c1. The van der Waals surface area contributed by atoms with Crippen LogP contribution < -0.4 is 20.3 Å². The van der Waals surface area contributed by atoms with E-state index in [0.29, 0.717) is 34.3 Å². The fraction of sp³-hybridized carbons (Fsp3) is 0.240. The molecular formula is C25H25N3O5. The lowest BCUT2D eigenvalue weighted by atomic mass is 10.1. The first-order valence-electron chi connectivity index (χ1n) is 10.5. The predicted octanol–water partition coefficient (Wildman–Crippen LogP) is 4.12. The van der Waals surface area contributed by atoms with E-state index in [1.54, 1.807) is 19.1 Å². The van der Waals surface area contributed by atoms with E-state index in [1.807, 2.05) is 51.1 Å². The molecule has 4 aromatic rings. The molecule has 1 N–H and O–H groups in total. The number of amides is 1. The zero-order valence-corrected chi connectivity index (χ0v) is 19.0. The van der Waals surface area contributed by atoms with E-state index in [1.165, 1.54) is 6.07 Å². The van der Waals surface area contributed by atoms with Crippen LogP contribution >= 0.6 is 0 Å². The van der Waals surface area contributed by atoms with Gasteiger partial charge in [-0.1, -0.05) is 23.8 Å². The topological polar surface area (TPSA) is 95.1 Å². The first kappa shape index (κ1) is 22.1. The molecule has 1 amide bonds. The van der Waals surface area contributed by atoms with Gasteiger partial charge in [0.2, 0.25) is 0 Å². The van der Waals surface area contributed by atoms with Crippen molar-refractivity contribution >= 4 is 17.2 Å². The molecule has 0 spiro atoms. The van der Waals surface area contributed by atoms with Crippen LogP contribution in [-0.2, 0) is 11.4 Å². The number of nitrogens with one attached hydrogen (secondary N) is 1. The summed E-state index contributed by atoms with van der Waals surface area (Å²) in [7, 11) is 0. The van der Waals surface area contributed by atoms with Gasteiger partial charge >= 0.3 is 0 Å². The van der Waals surface area contributed by atoms with Crippen molar-refractivity contribution in [2.24, 2.45) is 0 Å². The van der Waals surface area contributed by atoms with Crippen molar-refractivity contribution in [3.63, 3.8) is 0 Å². The second-order valence-electron chi connectivity index (χ2n) is 7.98. The Morgan fingerprint density at radius 1 is 0.970 bits per heavy atom. The lowest BCUT2D eigenvalue weighted by Crippen LogP contribution is -2.21. The Morgan fingerprint density at radius 2 is 1.73 bits per heavy atom. The zero-order chi connectivity index (χ0) is 23.5. The van der Waals surface area contributed by atoms with Crippen LogP contribution in [-0.4, -0.2) is 22.1 Å². The molecule has 170 valence electrons. The molecule has 0 fully saturated rings. The number of carbonyl (C=O) groups is 1. The average molecular weight is 447 g/mol. The lowest BCUT2D eigenvalue weighted by molar-refractivity contribution is -0.118. The Bertz CT molecular complexity index is 1390. The summed E-state index contributed by atoms with van der Waals surface area (Å²) < 4.78 is 18.0. The second kappa shape index (κ2) is 9.20. The standard InChI is InChI=1S/C25H25N3O5/c1-15-6-8-21(17(3)9-15)32-14-24(29)27-20-7-5-16(2)10-22(20)31-13-19-12-25(30)28-23(26-19)11-18(4)33-28/h5-12H,13-14H2,1-4H3,(H,27,29). The van der Waals surface area contributed by atoms with Gasteiger partial charge in [0.25, 0.3) is 11.5 Å². The molecule has 0 atom stereocenters. The Balaban J connectivity index is 1.45. The second-order valence-corrected chi connectivity index (χ2v) is 7.98. The van der Waals surface area contributed by atoms with E-state index in [4.69, 9.17) is 14.0 Å². The quantitative estimate of drug-likeness (QED) is 0.458. The number of hydrogen-bond acceptors (Lipinski definition) is 6. The van der Waals surface area contributed by atoms with Crippen molar-refractivity contribution in [2.75, 3.05) is 11.9 Å². The molecule has 33 heavy (non-hydrogen) atoms. The third-order valence-electron chi connectivity index (χ3n) is 5.00. The fourth-order valence-electron chi connectivity index (χ4n) is 3.44. The first-order chi connectivity index (χ1) is 15.8. The van der Waals surface area contributed by atoms with Crippen molar-refractivity contribution in [1.82, 2.24) is 9.56 Å². The highest BCUT2D eigenvalue weighted by Gasteiger charge is 2.12. The highest BCUT2D eigenvalue weighted by Crippen LogP contribution is 2.27. The summed E-state index contributed by atoms with van der Waals surface area (Å²) in [4.78, 5) is 29.1. The van der Waals surface area contributed by atoms with Gasteiger partial charge in [-0.05, 0) is 57.0 Å². The van der Waals surface area contributed by atoms with E-state index in [0.717, 1.165) is 21.3 Å². The summed E-state index contributed by atoms with van der Waals surface area (Å²) in [5, 5.41) is 2.83. The molecule has 2 aromatic heterocycles. The summed E-state index contributed by atoms with van der Waals surface area (Å²) in [6.45, 7) is 7.53. The van der Waals surface area contributed by atoms with E-state index in [9.17, 15) is 9.59 Å². The van der Waals surface area contributed by atoms with Crippen LogP contribution in [0.2, 0.25) is 0 Å². The normalized spacial score (nSPS) is 10.9. The molecule has 0 radical (unpaired) electrons. The van der Waals surface area contributed by atoms with Gasteiger partial charge in [-0.3, -0.25) is 9.59 Å². The van der Waals surface area contributed by atoms with Gasteiger partial charge in [0.15, 0.2) is 12.3 Å².